The van der Waals surface area contributed by atoms with E-state index >= 15 is 0 Å². The van der Waals surface area contributed by atoms with Crippen LogP contribution >= 0.6 is 0 Å². The van der Waals surface area contributed by atoms with Gasteiger partial charge in [0.25, 0.3) is 0 Å². The number of rotatable bonds is 0. The summed E-state index contributed by atoms with van der Waals surface area (Å²) in [5.41, 5.74) is 4.35. The van der Waals surface area contributed by atoms with Gasteiger partial charge in [-0.25, -0.2) is 0 Å². The van der Waals surface area contributed by atoms with Gasteiger partial charge in [0.05, 0.1) is 0 Å². The number of fused-ring (bicyclic) bond motifs is 2. The van der Waals surface area contributed by atoms with E-state index in [0.29, 0.717) is 11.7 Å². The SMILES string of the molecule is O=C1CCc2ccccc2CC2=C[C@@H](CCC2)C1. The topological polar surface area (TPSA) is 17.1 Å². The molecule has 94 valence electrons. The second kappa shape index (κ2) is 5.09. The molecule has 0 fully saturated rings. The number of aryl methyl sites for hydroxylation is 1. The van der Waals surface area contributed by atoms with Gasteiger partial charge in [-0.2, -0.15) is 0 Å². The summed E-state index contributed by atoms with van der Waals surface area (Å²) < 4.78 is 0. The minimum atomic E-state index is 0.439. The van der Waals surface area contributed by atoms with Crippen LogP contribution in [0.1, 0.15) is 43.2 Å². The number of hydrogen-bond acceptors (Lipinski definition) is 1. The number of carbonyl (C=O) groups is 1. The summed E-state index contributed by atoms with van der Waals surface area (Å²) in [4.78, 5) is 12.0. The van der Waals surface area contributed by atoms with Crippen molar-refractivity contribution in [1.82, 2.24) is 0 Å². The quantitative estimate of drug-likeness (QED) is 0.629. The molecule has 0 heterocycles. The number of benzene rings is 1. The molecule has 1 heteroatoms. The Morgan fingerprint density at radius 1 is 1.00 bits per heavy atom. The third-order valence-corrected chi connectivity index (χ3v) is 4.24. The van der Waals surface area contributed by atoms with Crippen LogP contribution in [0.4, 0.5) is 0 Å². The fourth-order valence-corrected chi connectivity index (χ4v) is 3.29. The predicted molar refractivity (Wildman–Crippen MR) is 73.5 cm³/mol. The van der Waals surface area contributed by atoms with Gasteiger partial charge < -0.3 is 0 Å². The summed E-state index contributed by atoms with van der Waals surface area (Å²) in [6.07, 6.45) is 9.59. The molecule has 18 heavy (non-hydrogen) atoms. The van der Waals surface area contributed by atoms with Gasteiger partial charge in [-0.15, -0.1) is 0 Å². The Kier molecular flexibility index (Phi) is 3.31. The van der Waals surface area contributed by atoms with E-state index in [0.717, 1.165) is 25.7 Å². The highest BCUT2D eigenvalue weighted by Gasteiger charge is 2.19. The Hall–Kier alpha value is -1.37. The molecule has 2 aliphatic carbocycles. The van der Waals surface area contributed by atoms with E-state index in [1.54, 1.807) is 5.57 Å². The maximum atomic E-state index is 12.0. The monoisotopic (exact) mass is 240 g/mol. The lowest BCUT2D eigenvalue weighted by molar-refractivity contribution is -0.119. The smallest absolute Gasteiger partial charge is 0.133 e. The number of Topliss-reactive ketones (excluding diaryl/α,β-unsaturated/α-hetero) is 1. The van der Waals surface area contributed by atoms with Gasteiger partial charge in [-0.1, -0.05) is 35.9 Å². The van der Waals surface area contributed by atoms with Crippen molar-refractivity contribution < 1.29 is 4.79 Å². The standard InChI is InChI=1S/C17H20O/c18-17-9-8-15-6-1-2-7-16(15)11-13-4-3-5-14(10-13)12-17/h1-2,6-7,10,14H,3-5,8-9,11-12H2/t14-/m1/s1. The Bertz CT molecular complexity index is 484. The molecule has 0 aliphatic heterocycles. The largest absolute Gasteiger partial charge is 0.300 e. The van der Waals surface area contributed by atoms with Crippen LogP contribution in [0.5, 0.6) is 0 Å². The highest BCUT2D eigenvalue weighted by atomic mass is 16.1. The van der Waals surface area contributed by atoms with E-state index in [1.165, 1.54) is 30.4 Å². The minimum absolute atomic E-state index is 0.439. The van der Waals surface area contributed by atoms with Crippen LogP contribution in [0, 0.1) is 5.92 Å². The van der Waals surface area contributed by atoms with E-state index in [2.05, 4.69) is 30.3 Å². The molecule has 1 aromatic rings. The molecule has 1 aromatic carbocycles. The van der Waals surface area contributed by atoms with Crippen LogP contribution in [0.2, 0.25) is 0 Å². The van der Waals surface area contributed by atoms with E-state index in [9.17, 15) is 4.79 Å². The molecular formula is C17H20O. The van der Waals surface area contributed by atoms with Gasteiger partial charge in [0.1, 0.15) is 5.78 Å². The molecule has 0 aromatic heterocycles. The fourth-order valence-electron chi connectivity index (χ4n) is 3.29. The molecule has 3 rings (SSSR count). The van der Waals surface area contributed by atoms with Crippen LogP contribution < -0.4 is 0 Å². The Morgan fingerprint density at radius 2 is 1.83 bits per heavy atom. The summed E-state index contributed by atoms with van der Waals surface area (Å²) in [6, 6.07) is 8.62. The maximum absolute atomic E-state index is 12.0. The van der Waals surface area contributed by atoms with Crippen molar-refractivity contribution in [2.75, 3.05) is 0 Å². The van der Waals surface area contributed by atoms with Gasteiger partial charge >= 0.3 is 0 Å². The van der Waals surface area contributed by atoms with Crippen LogP contribution in [0.15, 0.2) is 35.9 Å². The maximum Gasteiger partial charge on any atom is 0.133 e. The summed E-state index contributed by atoms with van der Waals surface area (Å²) in [5, 5.41) is 0. The molecule has 2 bridgehead atoms. The number of carbonyl (C=O) groups excluding carboxylic acids is 1. The third kappa shape index (κ3) is 2.55. The van der Waals surface area contributed by atoms with Crippen molar-refractivity contribution in [1.29, 1.82) is 0 Å². The number of hydrogen-bond donors (Lipinski definition) is 0. The number of allylic oxidation sites excluding steroid dienone is 2. The molecule has 1 atom stereocenters. The van der Waals surface area contributed by atoms with Crippen LogP contribution in [0.25, 0.3) is 0 Å². The van der Waals surface area contributed by atoms with Crippen LogP contribution in [-0.4, -0.2) is 5.78 Å². The zero-order valence-electron chi connectivity index (χ0n) is 10.8. The molecule has 0 radical (unpaired) electrons. The van der Waals surface area contributed by atoms with Gasteiger partial charge in [0.15, 0.2) is 0 Å². The lowest BCUT2D eigenvalue weighted by Gasteiger charge is -2.23. The van der Waals surface area contributed by atoms with Crippen molar-refractivity contribution in [2.45, 2.75) is 44.9 Å². The van der Waals surface area contributed by atoms with E-state index < -0.39 is 0 Å². The first kappa shape index (κ1) is 11.7. The highest BCUT2D eigenvalue weighted by Crippen LogP contribution is 2.30. The minimum Gasteiger partial charge on any atom is -0.300 e. The van der Waals surface area contributed by atoms with E-state index in [4.69, 9.17) is 0 Å². The summed E-state index contributed by atoms with van der Waals surface area (Å²) in [5.74, 6) is 0.959. The molecule has 0 amide bonds. The van der Waals surface area contributed by atoms with E-state index in [1.807, 2.05) is 0 Å². The first-order valence-corrected chi connectivity index (χ1v) is 7.09. The lowest BCUT2D eigenvalue weighted by atomic mass is 9.82. The Balaban J connectivity index is 1.95. The summed E-state index contributed by atoms with van der Waals surface area (Å²) >= 11 is 0. The molecule has 0 N–H and O–H groups in total. The normalized spacial score (nSPS) is 24.1. The third-order valence-electron chi connectivity index (χ3n) is 4.24. The molecule has 0 saturated heterocycles. The van der Waals surface area contributed by atoms with Gasteiger partial charge in [0.2, 0.25) is 0 Å². The Labute approximate surface area is 109 Å². The van der Waals surface area contributed by atoms with Gasteiger partial charge in [-0.05, 0) is 49.1 Å². The fraction of sp³-hybridized carbons (Fsp3) is 0.471. The second-order valence-corrected chi connectivity index (χ2v) is 5.67. The van der Waals surface area contributed by atoms with Crippen LogP contribution in [0.3, 0.4) is 0 Å². The van der Waals surface area contributed by atoms with Crippen molar-refractivity contribution in [3.63, 3.8) is 0 Å². The zero-order valence-corrected chi connectivity index (χ0v) is 10.8. The zero-order chi connectivity index (χ0) is 12.4. The second-order valence-electron chi connectivity index (χ2n) is 5.67. The first-order valence-electron chi connectivity index (χ1n) is 7.09. The van der Waals surface area contributed by atoms with Gasteiger partial charge in [0, 0.05) is 12.8 Å². The van der Waals surface area contributed by atoms with Crippen LogP contribution in [-0.2, 0) is 17.6 Å². The average molecular weight is 240 g/mol. The summed E-state index contributed by atoms with van der Waals surface area (Å²) in [7, 11) is 0. The van der Waals surface area contributed by atoms with Crippen molar-refractivity contribution in [3.05, 3.63) is 47.0 Å². The van der Waals surface area contributed by atoms with Crippen molar-refractivity contribution in [3.8, 4) is 0 Å². The first-order chi connectivity index (χ1) is 8.81. The lowest BCUT2D eigenvalue weighted by Crippen LogP contribution is -2.14. The molecule has 0 spiro atoms. The van der Waals surface area contributed by atoms with Gasteiger partial charge in [-0.3, -0.25) is 4.79 Å². The van der Waals surface area contributed by atoms with Crippen molar-refractivity contribution in [2.24, 2.45) is 5.92 Å². The number of ketones is 1. The molecule has 2 aliphatic rings. The average Bonchev–Trinajstić information content (AvgIpc) is 2.37. The molecular weight excluding hydrogens is 220 g/mol. The predicted octanol–water partition coefficient (Wildman–Crippen LogP) is 3.86. The highest BCUT2D eigenvalue weighted by molar-refractivity contribution is 5.79. The summed E-state index contributed by atoms with van der Waals surface area (Å²) in [6.45, 7) is 0. The molecule has 1 nitrogen and oxygen atoms in total. The van der Waals surface area contributed by atoms with E-state index in [-0.39, 0.29) is 0 Å². The Morgan fingerprint density at radius 3 is 2.72 bits per heavy atom. The molecule has 0 unspecified atom stereocenters. The van der Waals surface area contributed by atoms with Crippen molar-refractivity contribution >= 4 is 5.78 Å². The molecule has 0 saturated carbocycles.